The molecule has 2 N–H and O–H groups in total. The van der Waals surface area contributed by atoms with E-state index in [0.29, 0.717) is 41.1 Å². The SMILES string of the molecule is COc1cc(OC)c(NC(=O)CCC(=O)Nc2ccc3nc(N4CCOCC4)cc(C)c3c2)cc1Cl. The molecule has 36 heavy (non-hydrogen) atoms. The number of morpholine rings is 1. The van der Waals surface area contributed by atoms with Crippen LogP contribution in [0.1, 0.15) is 18.4 Å². The highest BCUT2D eigenvalue weighted by Crippen LogP contribution is 2.36. The number of halogens is 1. The van der Waals surface area contributed by atoms with Gasteiger partial charge < -0.3 is 29.7 Å². The first-order valence-corrected chi connectivity index (χ1v) is 12.0. The number of nitrogens with one attached hydrogen (secondary N) is 2. The fourth-order valence-corrected chi connectivity index (χ4v) is 4.27. The second kappa shape index (κ2) is 11.5. The number of hydrogen-bond donors (Lipinski definition) is 2. The van der Waals surface area contributed by atoms with Crippen molar-refractivity contribution in [2.24, 2.45) is 0 Å². The number of amides is 2. The molecule has 4 rings (SSSR count). The zero-order valence-corrected chi connectivity index (χ0v) is 21.3. The first-order valence-electron chi connectivity index (χ1n) is 11.6. The summed E-state index contributed by atoms with van der Waals surface area (Å²) in [5.41, 5.74) is 2.99. The van der Waals surface area contributed by atoms with Gasteiger partial charge in [0.2, 0.25) is 11.8 Å². The van der Waals surface area contributed by atoms with Crippen LogP contribution in [0.15, 0.2) is 36.4 Å². The summed E-state index contributed by atoms with van der Waals surface area (Å²) < 4.78 is 15.9. The molecule has 0 spiro atoms. The Morgan fingerprint density at radius 2 is 1.69 bits per heavy atom. The van der Waals surface area contributed by atoms with Gasteiger partial charge in [0, 0.05) is 43.1 Å². The Morgan fingerprint density at radius 1 is 1.00 bits per heavy atom. The summed E-state index contributed by atoms with van der Waals surface area (Å²) in [5, 5.41) is 6.90. The standard InChI is InChI=1S/C26H29ClN4O5/c1-16-12-24(31-8-10-36-11-9-31)29-20-5-4-17(13-18(16)20)28-25(32)6-7-26(33)30-21-14-19(27)22(34-2)15-23(21)35-3/h4-5,12-15H,6-11H2,1-3H3,(H,28,32)(H,30,33). The second-order valence-corrected chi connectivity index (χ2v) is 8.82. The zero-order chi connectivity index (χ0) is 25.7. The molecule has 9 nitrogen and oxygen atoms in total. The summed E-state index contributed by atoms with van der Waals surface area (Å²) in [7, 11) is 2.98. The third-order valence-electron chi connectivity index (χ3n) is 5.95. The number of rotatable bonds is 8. The van der Waals surface area contributed by atoms with Crippen LogP contribution in [0.25, 0.3) is 10.9 Å². The lowest BCUT2D eigenvalue weighted by Crippen LogP contribution is -2.36. The Labute approximate surface area is 214 Å². The largest absolute Gasteiger partial charge is 0.495 e. The van der Waals surface area contributed by atoms with Crippen molar-refractivity contribution in [2.45, 2.75) is 19.8 Å². The normalized spacial score (nSPS) is 13.4. The molecule has 0 saturated carbocycles. The van der Waals surface area contributed by atoms with Gasteiger partial charge in [-0.2, -0.15) is 0 Å². The number of carbonyl (C=O) groups excluding carboxylic acids is 2. The smallest absolute Gasteiger partial charge is 0.224 e. The van der Waals surface area contributed by atoms with Crippen molar-refractivity contribution in [3.63, 3.8) is 0 Å². The Morgan fingerprint density at radius 3 is 2.39 bits per heavy atom. The highest BCUT2D eigenvalue weighted by molar-refractivity contribution is 6.32. The Kier molecular flexibility index (Phi) is 8.12. The van der Waals surface area contributed by atoms with Gasteiger partial charge in [-0.3, -0.25) is 9.59 Å². The van der Waals surface area contributed by atoms with Crippen molar-refractivity contribution in [2.75, 3.05) is 56.1 Å². The van der Waals surface area contributed by atoms with Crippen molar-refractivity contribution in [3.05, 3.63) is 47.0 Å². The number of nitrogens with zero attached hydrogens (tertiary/aromatic N) is 2. The lowest BCUT2D eigenvalue weighted by molar-refractivity contribution is -0.121. The molecule has 1 aliphatic heterocycles. The predicted octanol–water partition coefficient (Wildman–Crippen LogP) is 4.41. The Hall–Kier alpha value is -3.56. The molecular weight excluding hydrogens is 484 g/mol. The maximum Gasteiger partial charge on any atom is 0.224 e. The van der Waals surface area contributed by atoms with Crippen LogP contribution in [-0.4, -0.2) is 57.3 Å². The van der Waals surface area contributed by atoms with Crippen LogP contribution in [0.5, 0.6) is 11.5 Å². The number of hydrogen-bond acceptors (Lipinski definition) is 7. The van der Waals surface area contributed by atoms with E-state index in [4.69, 9.17) is 30.8 Å². The quantitative estimate of drug-likeness (QED) is 0.461. The van der Waals surface area contributed by atoms with E-state index < -0.39 is 0 Å². The maximum atomic E-state index is 12.5. The van der Waals surface area contributed by atoms with Crippen LogP contribution in [0.3, 0.4) is 0 Å². The third-order valence-corrected chi connectivity index (χ3v) is 6.24. The third kappa shape index (κ3) is 5.98. The number of pyridine rings is 1. The minimum atomic E-state index is -0.334. The topological polar surface area (TPSA) is 102 Å². The van der Waals surface area contributed by atoms with E-state index in [1.165, 1.54) is 14.2 Å². The van der Waals surface area contributed by atoms with Gasteiger partial charge >= 0.3 is 0 Å². The Balaban J connectivity index is 1.36. The zero-order valence-electron chi connectivity index (χ0n) is 20.5. The minimum Gasteiger partial charge on any atom is -0.495 e. The summed E-state index contributed by atoms with van der Waals surface area (Å²) in [6.45, 7) is 5.06. The summed E-state index contributed by atoms with van der Waals surface area (Å²) in [6.07, 6.45) is 0.0129. The van der Waals surface area contributed by atoms with Crippen molar-refractivity contribution >= 4 is 51.5 Å². The number of aryl methyl sites for hydroxylation is 1. The molecule has 0 radical (unpaired) electrons. The van der Waals surface area contributed by atoms with E-state index in [0.717, 1.165) is 35.4 Å². The van der Waals surface area contributed by atoms with Crippen LogP contribution in [0.4, 0.5) is 17.2 Å². The maximum absolute atomic E-state index is 12.5. The highest BCUT2D eigenvalue weighted by Gasteiger charge is 2.16. The monoisotopic (exact) mass is 512 g/mol. The molecule has 0 unspecified atom stereocenters. The minimum absolute atomic E-state index is 0.00426. The molecule has 0 bridgehead atoms. The summed E-state index contributed by atoms with van der Waals surface area (Å²) in [4.78, 5) is 32.0. The average molecular weight is 513 g/mol. The van der Waals surface area contributed by atoms with Crippen molar-refractivity contribution < 1.29 is 23.8 Å². The van der Waals surface area contributed by atoms with Crippen LogP contribution in [0, 0.1) is 6.92 Å². The molecule has 1 aliphatic rings. The van der Waals surface area contributed by atoms with E-state index in [2.05, 4.69) is 21.6 Å². The van der Waals surface area contributed by atoms with E-state index in [9.17, 15) is 9.59 Å². The van der Waals surface area contributed by atoms with Crippen molar-refractivity contribution in [1.82, 2.24) is 4.98 Å². The predicted molar refractivity (Wildman–Crippen MR) is 141 cm³/mol. The van der Waals surface area contributed by atoms with Gasteiger partial charge in [-0.25, -0.2) is 4.98 Å². The van der Waals surface area contributed by atoms with Gasteiger partial charge in [0.25, 0.3) is 0 Å². The number of methoxy groups -OCH3 is 2. The lowest BCUT2D eigenvalue weighted by atomic mass is 10.1. The van der Waals surface area contributed by atoms with Crippen LogP contribution >= 0.6 is 11.6 Å². The van der Waals surface area contributed by atoms with E-state index in [1.807, 2.05) is 25.1 Å². The van der Waals surface area contributed by atoms with E-state index >= 15 is 0 Å². The number of fused-ring (bicyclic) bond motifs is 1. The molecule has 0 atom stereocenters. The molecule has 190 valence electrons. The molecule has 2 heterocycles. The fourth-order valence-electron chi connectivity index (χ4n) is 4.03. The van der Waals surface area contributed by atoms with Crippen molar-refractivity contribution in [1.29, 1.82) is 0 Å². The van der Waals surface area contributed by atoms with Gasteiger partial charge in [-0.05, 0) is 42.8 Å². The number of ether oxygens (including phenoxy) is 3. The number of anilines is 3. The van der Waals surface area contributed by atoms with Gasteiger partial charge in [0.15, 0.2) is 0 Å². The lowest BCUT2D eigenvalue weighted by Gasteiger charge is -2.28. The second-order valence-electron chi connectivity index (χ2n) is 8.41. The molecule has 1 fully saturated rings. The summed E-state index contributed by atoms with van der Waals surface area (Å²) >= 11 is 6.15. The molecule has 1 aromatic heterocycles. The highest BCUT2D eigenvalue weighted by atomic mass is 35.5. The van der Waals surface area contributed by atoms with Gasteiger partial charge in [-0.15, -0.1) is 0 Å². The molecular formula is C26H29ClN4O5. The Bertz CT molecular complexity index is 1280. The van der Waals surface area contributed by atoms with Crippen molar-refractivity contribution in [3.8, 4) is 11.5 Å². The molecule has 0 aliphatic carbocycles. The van der Waals surface area contributed by atoms with Gasteiger partial charge in [0.05, 0.1) is 43.7 Å². The molecule has 2 amide bonds. The first-order chi connectivity index (χ1) is 17.4. The van der Waals surface area contributed by atoms with E-state index in [1.54, 1.807) is 12.1 Å². The average Bonchev–Trinajstić information content (AvgIpc) is 2.88. The fraction of sp³-hybridized carbons (Fsp3) is 0.346. The van der Waals surface area contributed by atoms with Gasteiger partial charge in [-0.1, -0.05) is 11.6 Å². The molecule has 10 heteroatoms. The molecule has 1 saturated heterocycles. The van der Waals surface area contributed by atoms with Crippen LogP contribution in [-0.2, 0) is 14.3 Å². The number of benzene rings is 2. The van der Waals surface area contributed by atoms with Crippen LogP contribution < -0.4 is 25.0 Å². The molecule has 2 aromatic carbocycles. The number of carbonyl (C=O) groups is 2. The van der Waals surface area contributed by atoms with Crippen LogP contribution in [0.2, 0.25) is 5.02 Å². The number of aromatic nitrogens is 1. The summed E-state index contributed by atoms with van der Waals surface area (Å²) in [5.74, 6) is 1.18. The van der Waals surface area contributed by atoms with Gasteiger partial charge in [0.1, 0.15) is 17.3 Å². The molecule has 3 aromatic rings. The first kappa shape index (κ1) is 25.5. The van der Waals surface area contributed by atoms with E-state index in [-0.39, 0.29) is 24.7 Å². The summed E-state index contributed by atoms with van der Waals surface area (Å²) in [6, 6.07) is 10.8.